The van der Waals surface area contributed by atoms with Gasteiger partial charge in [0.1, 0.15) is 17.7 Å². The minimum atomic E-state index is -1.15. The van der Waals surface area contributed by atoms with Gasteiger partial charge in [-0.3, -0.25) is 9.69 Å². The Kier molecular flexibility index (Phi) is 5.66. The fourth-order valence-electron chi connectivity index (χ4n) is 2.66. The molecular weight excluding hydrogens is 328 g/mol. The van der Waals surface area contributed by atoms with Gasteiger partial charge in [-0.1, -0.05) is 0 Å². The molecule has 0 bridgehead atoms. The molecule has 1 saturated heterocycles. The van der Waals surface area contributed by atoms with E-state index in [0.717, 1.165) is 0 Å². The molecule has 1 aliphatic heterocycles. The summed E-state index contributed by atoms with van der Waals surface area (Å²) in [6.07, 6.45) is 3.60. The zero-order valence-electron chi connectivity index (χ0n) is 14.6. The largest absolute Gasteiger partial charge is 0.480 e. The Balaban J connectivity index is 2.01. The minimum Gasteiger partial charge on any atom is -0.480 e. The van der Waals surface area contributed by atoms with Gasteiger partial charge in [-0.15, -0.1) is 0 Å². The van der Waals surface area contributed by atoms with Gasteiger partial charge in [0.25, 0.3) is 0 Å². The van der Waals surface area contributed by atoms with E-state index in [1.54, 1.807) is 20.8 Å². The number of aromatic amines is 1. The number of likely N-dealkylation sites (tertiary alicyclic amines) is 1. The highest BCUT2D eigenvalue weighted by molar-refractivity contribution is 5.89. The summed E-state index contributed by atoms with van der Waals surface area (Å²) in [5.41, 5.74) is -0.0617. The number of H-pyrrole nitrogens is 1. The van der Waals surface area contributed by atoms with Gasteiger partial charge in [-0.2, -0.15) is 0 Å². The highest BCUT2D eigenvalue weighted by Crippen LogP contribution is 2.21. The highest BCUT2D eigenvalue weighted by atomic mass is 16.6. The first-order valence-corrected chi connectivity index (χ1v) is 8.17. The molecule has 1 aromatic rings. The van der Waals surface area contributed by atoms with Crippen molar-refractivity contribution in [3.63, 3.8) is 0 Å². The summed E-state index contributed by atoms with van der Waals surface area (Å²) in [5.74, 6) is -1.64. The number of imidazole rings is 1. The number of aliphatic carboxylic acids is 1. The smallest absolute Gasteiger partial charge is 0.410 e. The number of rotatable bonds is 5. The maximum absolute atomic E-state index is 12.5. The molecule has 0 saturated carbocycles. The van der Waals surface area contributed by atoms with E-state index in [1.165, 1.54) is 17.4 Å². The Morgan fingerprint density at radius 2 is 2.20 bits per heavy atom. The van der Waals surface area contributed by atoms with E-state index in [9.17, 15) is 19.5 Å². The van der Waals surface area contributed by atoms with Gasteiger partial charge in [0, 0.05) is 24.9 Å². The number of carbonyl (C=O) groups excluding carboxylic acids is 2. The van der Waals surface area contributed by atoms with Crippen LogP contribution in [0.3, 0.4) is 0 Å². The van der Waals surface area contributed by atoms with Gasteiger partial charge < -0.3 is 20.1 Å². The Morgan fingerprint density at radius 1 is 1.48 bits per heavy atom. The van der Waals surface area contributed by atoms with Gasteiger partial charge in [0.2, 0.25) is 5.91 Å². The first-order chi connectivity index (χ1) is 11.7. The molecule has 2 atom stereocenters. The minimum absolute atomic E-state index is 0.0836. The maximum Gasteiger partial charge on any atom is 0.410 e. The molecule has 2 amide bonds. The maximum atomic E-state index is 12.5. The number of aromatic nitrogens is 2. The monoisotopic (exact) mass is 352 g/mol. The number of nitrogens with zero attached hydrogens (tertiary/aromatic N) is 2. The molecule has 1 fully saturated rings. The number of ether oxygens (including phenoxy) is 1. The third kappa shape index (κ3) is 5.20. The number of carboxylic acid groups (broad SMARTS) is 1. The van der Waals surface area contributed by atoms with Crippen molar-refractivity contribution in [1.29, 1.82) is 0 Å². The molecule has 3 N–H and O–H groups in total. The van der Waals surface area contributed by atoms with E-state index < -0.39 is 35.7 Å². The summed E-state index contributed by atoms with van der Waals surface area (Å²) in [6, 6.07) is -1.83. The molecular formula is C16H24N4O5. The Morgan fingerprint density at radius 3 is 2.76 bits per heavy atom. The van der Waals surface area contributed by atoms with E-state index in [1.807, 2.05) is 0 Å². The van der Waals surface area contributed by atoms with E-state index in [-0.39, 0.29) is 6.42 Å². The predicted octanol–water partition coefficient (Wildman–Crippen LogP) is 0.921. The number of nitrogens with one attached hydrogen (secondary N) is 2. The van der Waals surface area contributed by atoms with Gasteiger partial charge in [-0.25, -0.2) is 14.6 Å². The topological polar surface area (TPSA) is 125 Å². The highest BCUT2D eigenvalue weighted by Gasteiger charge is 2.38. The molecule has 0 aliphatic carbocycles. The van der Waals surface area contributed by atoms with Crippen LogP contribution in [0.15, 0.2) is 12.5 Å². The quantitative estimate of drug-likeness (QED) is 0.724. The van der Waals surface area contributed by atoms with Gasteiger partial charge >= 0.3 is 12.1 Å². The number of amides is 2. The molecule has 0 radical (unpaired) electrons. The second-order valence-corrected chi connectivity index (χ2v) is 7.01. The standard InChI is InChI=1S/C16H24N4O5/c1-16(2,3)25-15(24)20-6-4-5-12(20)13(21)19-11(14(22)23)7-10-8-17-9-18-10/h8-9,11-12H,4-7H2,1-3H3,(H,17,18)(H,19,21)(H,22,23)/t11?,12-/m0/s1. The SMILES string of the molecule is CC(C)(C)OC(=O)N1CCC[C@H]1C(=O)NC(Cc1cnc[nH]1)C(=O)O. The van der Waals surface area contributed by atoms with Crippen molar-refractivity contribution in [2.45, 2.75) is 57.7 Å². The Hall–Kier alpha value is -2.58. The van der Waals surface area contributed by atoms with Crippen LogP contribution in [0.5, 0.6) is 0 Å². The van der Waals surface area contributed by atoms with E-state index in [4.69, 9.17) is 4.74 Å². The molecule has 9 nitrogen and oxygen atoms in total. The zero-order chi connectivity index (χ0) is 18.6. The van der Waals surface area contributed by atoms with Crippen LogP contribution < -0.4 is 5.32 Å². The van der Waals surface area contributed by atoms with Crippen molar-refractivity contribution in [3.8, 4) is 0 Å². The van der Waals surface area contributed by atoms with Crippen LogP contribution in [0.2, 0.25) is 0 Å². The summed E-state index contributed by atoms with van der Waals surface area (Å²) in [6.45, 7) is 5.66. The summed E-state index contributed by atoms with van der Waals surface area (Å²) >= 11 is 0. The molecule has 1 aliphatic rings. The second kappa shape index (κ2) is 7.54. The average Bonchev–Trinajstić information content (AvgIpc) is 3.15. The molecule has 9 heteroatoms. The summed E-state index contributed by atoms with van der Waals surface area (Å²) in [4.78, 5) is 44.2. The molecule has 0 spiro atoms. The van der Waals surface area contributed by atoms with E-state index in [0.29, 0.717) is 25.1 Å². The van der Waals surface area contributed by atoms with Gasteiger partial charge in [0.05, 0.1) is 6.33 Å². The normalized spacial score (nSPS) is 18.7. The molecule has 0 aromatic carbocycles. The first kappa shape index (κ1) is 18.8. The van der Waals surface area contributed by atoms with Crippen molar-refractivity contribution < 1.29 is 24.2 Å². The predicted molar refractivity (Wildman–Crippen MR) is 87.8 cm³/mol. The lowest BCUT2D eigenvalue weighted by atomic mass is 10.1. The zero-order valence-corrected chi connectivity index (χ0v) is 14.6. The molecule has 2 heterocycles. The van der Waals surface area contributed by atoms with Crippen molar-refractivity contribution >= 4 is 18.0 Å². The van der Waals surface area contributed by atoms with Crippen molar-refractivity contribution in [3.05, 3.63) is 18.2 Å². The second-order valence-electron chi connectivity index (χ2n) is 7.01. The van der Waals surface area contributed by atoms with Crippen LogP contribution in [0.25, 0.3) is 0 Å². The fraction of sp³-hybridized carbons (Fsp3) is 0.625. The summed E-state index contributed by atoms with van der Waals surface area (Å²) < 4.78 is 5.32. The summed E-state index contributed by atoms with van der Waals surface area (Å²) in [7, 11) is 0. The molecule has 2 rings (SSSR count). The molecule has 1 aromatic heterocycles. The van der Waals surface area contributed by atoms with Crippen molar-refractivity contribution in [1.82, 2.24) is 20.2 Å². The number of hydrogen-bond donors (Lipinski definition) is 3. The number of carboxylic acids is 1. The molecule has 25 heavy (non-hydrogen) atoms. The van der Waals surface area contributed by atoms with Crippen molar-refractivity contribution in [2.75, 3.05) is 6.54 Å². The van der Waals surface area contributed by atoms with E-state index in [2.05, 4.69) is 15.3 Å². The van der Waals surface area contributed by atoms with Crippen LogP contribution in [-0.4, -0.2) is 62.2 Å². The van der Waals surface area contributed by atoms with Crippen LogP contribution >= 0.6 is 0 Å². The average molecular weight is 352 g/mol. The van der Waals surface area contributed by atoms with Crippen molar-refractivity contribution in [2.24, 2.45) is 0 Å². The van der Waals surface area contributed by atoms with Crippen LogP contribution in [0.1, 0.15) is 39.3 Å². The molecule has 1 unspecified atom stereocenters. The number of carbonyl (C=O) groups is 3. The van der Waals surface area contributed by atoms with Crippen LogP contribution in [0.4, 0.5) is 4.79 Å². The lowest BCUT2D eigenvalue weighted by molar-refractivity contribution is -0.142. The first-order valence-electron chi connectivity index (χ1n) is 8.17. The Bertz CT molecular complexity index is 623. The number of hydrogen-bond acceptors (Lipinski definition) is 5. The third-order valence-corrected chi connectivity index (χ3v) is 3.78. The lowest BCUT2D eigenvalue weighted by Gasteiger charge is -2.28. The van der Waals surface area contributed by atoms with Gasteiger partial charge in [-0.05, 0) is 33.6 Å². The van der Waals surface area contributed by atoms with Gasteiger partial charge in [0.15, 0.2) is 0 Å². The van der Waals surface area contributed by atoms with Crippen LogP contribution in [0, 0.1) is 0 Å². The molecule has 138 valence electrons. The lowest BCUT2D eigenvalue weighted by Crippen LogP contribution is -2.52. The third-order valence-electron chi connectivity index (χ3n) is 3.78. The summed E-state index contributed by atoms with van der Waals surface area (Å²) in [5, 5.41) is 11.8. The van der Waals surface area contributed by atoms with Crippen LogP contribution in [-0.2, 0) is 20.7 Å². The fourth-order valence-corrected chi connectivity index (χ4v) is 2.66. The Labute approximate surface area is 145 Å². The van der Waals surface area contributed by atoms with E-state index >= 15 is 0 Å².